The summed E-state index contributed by atoms with van der Waals surface area (Å²) in [5, 5.41) is 0.946. The Morgan fingerprint density at radius 1 is 1.10 bits per heavy atom. The predicted molar refractivity (Wildman–Crippen MR) is 112 cm³/mol. The van der Waals surface area contributed by atoms with Crippen molar-refractivity contribution in [2.24, 2.45) is 0 Å². The van der Waals surface area contributed by atoms with Crippen LogP contribution in [0.2, 0.25) is 0 Å². The van der Waals surface area contributed by atoms with Crippen LogP contribution in [-0.4, -0.2) is 59.0 Å². The second kappa shape index (κ2) is 8.79. The van der Waals surface area contributed by atoms with E-state index in [4.69, 9.17) is 4.74 Å². The number of rotatable bonds is 4. The van der Waals surface area contributed by atoms with Crippen LogP contribution in [0.3, 0.4) is 0 Å². The van der Waals surface area contributed by atoms with Crippen LogP contribution in [0.4, 0.5) is 4.39 Å². The fraction of sp³-hybridized carbons (Fsp3) is 0.545. The summed E-state index contributed by atoms with van der Waals surface area (Å²) in [5.74, 6) is 0.188. The van der Waals surface area contributed by atoms with E-state index in [1.807, 2.05) is 18.7 Å². The molecule has 29 heavy (non-hydrogen) atoms. The average molecular weight is 418 g/mol. The van der Waals surface area contributed by atoms with Gasteiger partial charge in [-0.05, 0) is 51.7 Å². The number of amides is 1. The summed E-state index contributed by atoms with van der Waals surface area (Å²) in [7, 11) is 0. The highest BCUT2D eigenvalue weighted by molar-refractivity contribution is 7.13. The molecule has 4 rings (SSSR count). The number of nitrogens with zero attached hydrogens (tertiary/aromatic N) is 3. The standard InChI is InChI=1S/C22H28FN3O2S/c1-15-21(29-16(2)24-15)22(27)26-11-7-17(8-12-26)25-13-9-18(10-14-25)28-20-6-4-3-5-19(20)23/h3-6,17-18H,7-14H2,1-2H3. The van der Waals surface area contributed by atoms with E-state index in [0.717, 1.165) is 67.4 Å². The van der Waals surface area contributed by atoms with Crippen molar-refractivity contribution in [1.29, 1.82) is 0 Å². The van der Waals surface area contributed by atoms with Gasteiger partial charge in [0.2, 0.25) is 0 Å². The molecule has 1 aromatic carbocycles. The largest absolute Gasteiger partial charge is 0.487 e. The van der Waals surface area contributed by atoms with Gasteiger partial charge in [-0.25, -0.2) is 9.37 Å². The Bertz CT molecular complexity index is 855. The van der Waals surface area contributed by atoms with Crippen molar-refractivity contribution in [3.8, 4) is 5.75 Å². The number of hydrogen-bond donors (Lipinski definition) is 0. The van der Waals surface area contributed by atoms with Gasteiger partial charge in [0.15, 0.2) is 11.6 Å². The van der Waals surface area contributed by atoms with E-state index in [-0.39, 0.29) is 17.8 Å². The molecule has 0 spiro atoms. The van der Waals surface area contributed by atoms with Gasteiger partial charge in [0.05, 0.1) is 10.7 Å². The zero-order valence-corrected chi connectivity index (χ0v) is 17.9. The van der Waals surface area contributed by atoms with Gasteiger partial charge in [-0.1, -0.05) is 12.1 Å². The molecule has 7 heteroatoms. The van der Waals surface area contributed by atoms with Crippen LogP contribution < -0.4 is 4.74 Å². The minimum Gasteiger partial charge on any atom is -0.487 e. The summed E-state index contributed by atoms with van der Waals surface area (Å²) in [6.07, 6.45) is 3.89. The van der Waals surface area contributed by atoms with E-state index in [2.05, 4.69) is 9.88 Å². The van der Waals surface area contributed by atoms with Crippen LogP contribution in [0.1, 0.15) is 46.1 Å². The number of para-hydroxylation sites is 1. The average Bonchev–Trinajstić information content (AvgIpc) is 3.08. The van der Waals surface area contributed by atoms with Crippen LogP contribution in [-0.2, 0) is 0 Å². The Hall–Kier alpha value is -1.99. The maximum Gasteiger partial charge on any atom is 0.265 e. The van der Waals surface area contributed by atoms with Gasteiger partial charge in [0.1, 0.15) is 11.0 Å². The molecule has 3 heterocycles. The third-order valence-electron chi connectivity index (χ3n) is 5.97. The minimum absolute atomic E-state index is 0.0716. The van der Waals surface area contributed by atoms with Gasteiger partial charge in [-0.2, -0.15) is 0 Å². The SMILES string of the molecule is Cc1nc(C)c(C(=O)N2CCC(N3CCC(Oc4ccccc4F)CC3)CC2)s1. The lowest BCUT2D eigenvalue weighted by atomic mass is 9.98. The zero-order valence-electron chi connectivity index (χ0n) is 17.1. The summed E-state index contributed by atoms with van der Waals surface area (Å²) in [6.45, 7) is 7.38. The summed E-state index contributed by atoms with van der Waals surface area (Å²) < 4.78 is 19.7. The summed E-state index contributed by atoms with van der Waals surface area (Å²) >= 11 is 1.49. The van der Waals surface area contributed by atoms with Crippen molar-refractivity contribution in [1.82, 2.24) is 14.8 Å². The monoisotopic (exact) mass is 417 g/mol. The molecular formula is C22H28FN3O2S. The third-order valence-corrected chi connectivity index (χ3v) is 7.03. The lowest BCUT2D eigenvalue weighted by Gasteiger charge is -2.41. The Morgan fingerprint density at radius 2 is 1.79 bits per heavy atom. The molecule has 1 aromatic heterocycles. The number of ether oxygens (including phenoxy) is 1. The van der Waals surface area contributed by atoms with E-state index < -0.39 is 0 Å². The fourth-order valence-corrected chi connectivity index (χ4v) is 5.27. The quantitative estimate of drug-likeness (QED) is 0.753. The summed E-state index contributed by atoms with van der Waals surface area (Å²) in [5.41, 5.74) is 0.844. The number of carbonyl (C=O) groups excluding carboxylic acids is 1. The second-order valence-corrected chi connectivity index (χ2v) is 9.16. The Labute approximate surface area is 175 Å². The molecule has 0 unspecified atom stereocenters. The molecule has 0 saturated carbocycles. The lowest BCUT2D eigenvalue weighted by molar-refractivity contribution is 0.0418. The van der Waals surface area contributed by atoms with Crippen LogP contribution in [0.15, 0.2) is 24.3 Å². The van der Waals surface area contributed by atoms with Crippen molar-refractivity contribution >= 4 is 17.2 Å². The molecule has 0 atom stereocenters. The number of thiazole rings is 1. The molecular weight excluding hydrogens is 389 g/mol. The normalized spacial score (nSPS) is 19.5. The molecule has 0 radical (unpaired) electrons. The number of aromatic nitrogens is 1. The highest BCUT2D eigenvalue weighted by Gasteiger charge is 2.31. The highest BCUT2D eigenvalue weighted by atomic mass is 32.1. The van der Waals surface area contributed by atoms with E-state index in [1.54, 1.807) is 18.2 Å². The van der Waals surface area contributed by atoms with Crippen molar-refractivity contribution < 1.29 is 13.9 Å². The minimum atomic E-state index is -0.293. The van der Waals surface area contributed by atoms with Gasteiger partial charge in [-0.3, -0.25) is 9.69 Å². The number of carbonyl (C=O) groups is 1. The topological polar surface area (TPSA) is 45.7 Å². The van der Waals surface area contributed by atoms with Crippen molar-refractivity contribution in [2.45, 2.75) is 51.7 Å². The molecule has 156 valence electrons. The molecule has 0 N–H and O–H groups in total. The number of benzene rings is 1. The van der Waals surface area contributed by atoms with Crippen molar-refractivity contribution in [2.75, 3.05) is 26.2 Å². The second-order valence-electron chi connectivity index (χ2n) is 7.95. The first-order valence-corrected chi connectivity index (χ1v) is 11.2. The Morgan fingerprint density at radius 3 is 2.41 bits per heavy atom. The molecule has 2 aromatic rings. The highest BCUT2D eigenvalue weighted by Crippen LogP contribution is 2.27. The number of hydrogen-bond acceptors (Lipinski definition) is 5. The summed E-state index contributed by atoms with van der Waals surface area (Å²) in [6, 6.07) is 7.13. The van der Waals surface area contributed by atoms with E-state index in [0.29, 0.717) is 11.8 Å². The van der Waals surface area contributed by atoms with Crippen LogP contribution in [0.5, 0.6) is 5.75 Å². The first-order chi connectivity index (χ1) is 14.0. The smallest absolute Gasteiger partial charge is 0.265 e. The number of piperidine rings is 2. The van der Waals surface area contributed by atoms with Crippen LogP contribution in [0, 0.1) is 19.7 Å². The van der Waals surface area contributed by atoms with Gasteiger partial charge in [0, 0.05) is 32.2 Å². The predicted octanol–water partition coefficient (Wildman–Crippen LogP) is 4.05. The van der Waals surface area contributed by atoms with Gasteiger partial charge < -0.3 is 9.64 Å². The number of aryl methyl sites for hydroxylation is 2. The zero-order chi connectivity index (χ0) is 20.4. The number of likely N-dealkylation sites (tertiary alicyclic amines) is 2. The molecule has 2 aliphatic heterocycles. The number of halogens is 1. The molecule has 0 aliphatic carbocycles. The van der Waals surface area contributed by atoms with Crippen LogP contribution in [0.25, 0.3) is 0 Å². The summed E-state index contributed by atoms with van der Waals surface area (Å²) in [4.78, 5) is 22.5. The molecule has 2 fully saturated rings. The molecule has 2 saturated heterocycles. The van der Waals surface area contributed by atoms with Crippen molar-refractivity contribution in [3.63, 3.8) is 0 Å². The van der Waals surface area contributed by atoms with Gasteiger partial charge in [-0.15, -0.1) is 11.3 Å². The third kappa shape index (κ3) is 4.61. The molecule has 5 nitrogen and oxygen atoms in total. The van der Waals surface area contributed by atoms with E-state index in [9.17, 15) is 9.18 Å². The first kappa shape index (κ1) is 20.3. The first-order valence-electron chi connectivity index (χ1n) is 10.4. The lowest BCUT2D eigenvalue weighted by Crippen LogP contribution is -2.50. The Kier molecular flexibility index (Phi) is 6.15. The van der Waals surface area contributed by atoms with E-state index in [1.165, 1.54) is 17.4 Å². The van der Waals surface area contributed by atoms with Crippen LogP contribution >= 0.6 is 11.3 Å². The fourth-order valence-electron chi connectivity index (χ4n) is 4.39. The van der Waals surface area contributed by atoms with E-state index >= 15 is 0 Å². The maximum absolute atomic E-state index is 13.8. The van der Waals surface area contributed by atoms with Crippen molar-refractivity contribution in [3.05, 3.63) is 45.7 Å². The Balaban J connectivity index is 1.25. The van der Waals surface area contributed by atoms with Gasteiger partial charge in [0.25, 0.3) is 5.91 Å². The maximum atomic E-state index is 13.8. The molecule has 1 amide bonds. The van der Waals surface area contributed by atoms with Gasteiger partial charge >= 0.3 is 0 Å². The molecule has 0 bridgehead atoms. The molecule has 2 aliphatic rings.